The van der Waals surface area contributed by atoms with Gasteiger partial charge in [0.1, 0.15) is 11.6 Å². The molecule has 3 N–H and O–H groups in total. The smallest absolute Gasteiger partial charge is 0.124 e. The first-order valence-electron chi connectivity index (χ1n) is 5.73. The molecular weight excluding hydrogens is 282 g/mol. The van der Waals surface area contributed by atoms with E-state index in [9.17, 15) is 0 Å². The van der Waals surface area contributed by atoms with Gasteiger partial charge in [-0.2, -0.15) is 0 Å². The highest BCUT2D eigenvalue weighted by atomic mass is 35.5. The van der Waals surface area contributed by atoms with E-state index in [-0.39, 0.29) is 5.84 Å². The molecule has 0 amide bonds. The fourth-order valence-electron chi connectivity index (χ4n) is 1.63. The van der Waals surface area contributed by atoms with E-state index >= 15 is 0 Å². The van der Waals surface area contributed by atoms with Gasteiger partial charge in [-0.3, -0.25) is 5.41 Å². The van der Waals surface area contributed by atoms with Gasteiger partial charge in [-0.25, -0.2) is 4.98 Å². The molecule has 0 radical (unpaired) electrons. The third kappa shape index (κ3) is 3.45. The minimum atomic E-state index is -0.0446. The summed E-state index contributed by atoms with van der Waals surface area (Å²) in [6.45, 7) is 2.56. The van der Waals surface area contributed by atoms with E-state index < -0.39 is 0 Å². The summed E-state index contributed by atoms with van der Waals surface area (Å²) in [6.07, 6.45) is 0.822. The zero-order valence-corrected chi connectivity index (χ0v) is 12.0. The van der Waals surface area contributed by atoms with E-state index in [2.05, 4.69) is 4.98 Å². The number of amidine groups is 1. The zero-order valence-electron chi connectivity index (χ0n) is 10.4. The molecular formula is C13H14ClN3OS. The average molecular weight is 296 g/mol. The summed E-state index contributed by atoms with van der Waals surface area (Å²) in [6, 6.07) is 5.14. The van der Waals surface area contributed by atoms with E-state index in [0.717, 1.165) is 12.1 Å². The molecule has 0 aliphatic rings. The number of benzene rings is 1. The first-order chi connectivity index (χ1) is 9.08. The fraction of sp³-hybridized carbons (Fsp3) is 0.231. The van der Waals surface area contributed by atoms with Gasteiger partial charge >= 0.3 is 0 Å². The number of nitrogens with zero attached hydrogens (tertiary/aromatic N) is 1. The van der Waals surface area contributed by atoms with Crippen molar-refractivity contribution in [3.05, 3.63) is 44.9 Å². The number of aromatic nitrogens is 1. The Balaban J connectivity index is 1.95. The van der Waals surface area contributed by atoms with Crippen molar-refractivity contribution >= 4 is 28.8 Å². The van der Waals surface area contributed by atoms with Crippen LogP contribution in [0, 0.1) is 12.3 Å². The number of rotatable bonds is 5. The lowest BCUT2D eigenvalue weighted by Crippen LogP contribution is -2.11. The van der Waals surface area contributed by atoms with Crippen LogP contribution in [-0.4, -0.2) is 17.4 Å². The van der Waals surface area contributed by atoms with E-state index in [0.29, 0.717) is 22.9 Å². The number of nitrogens with two attached hydrogens (primary N) is 1. The molecule has 0 aliphatic heterocycles. The lowest BCUT2D eigenvalue weighted by molar-refractivity contribution is 0.322. The van der Waals surface area contributed by atoms with Gasteiger partial charge in [0, 0.05) is 16.9 Å². The van der Waals surface area contributed by atoms with Crippen molar-refractivity contribution < 1.29 is 4.74 Å². The first-order valence-corrected chi connectivity index (χ1v) is 6.99. The molecule has 19 heavy (non-hydrogen) atoms. The van der Waals surface area contributed by atoms with Crippen LogP contribution in [0.25, 0.3) is 0 Å². The van der Waals surface area contributed by atoms with Crippen molar-refractivity contribution in [2.24, 2.45) is 5.73 Å². The molecule has 1 heterocycles. The van der Waals surface area contributed by atoms with Crippen molar-refractivity contribution in [2.45, 2.75) is 13.3 Å². The number of hydrogen-bond acceptors (Lipinski definition) is 4. The maximum Gasteiger partial charge on any atom is 0.124 e. The Morgan fingerprint density at radius 1 is 1.53 bits per heavy atom. The number of aryl methyl sites for hydroxylation is 1. The molecule has 0 unspecified atom stereocenters. The summed E-state index contributed by atoms with van der Waals surface area (Å²) in [5, 5.41) is 7.78. The lowest BCUT2D eigenvalue weighted by atomic mass is 10.2. The molecule has 1 aromatic carbocycles. The molecule has 1 aromatic heterocycles. The quantitative estimate of drug-likeness (QED) is 0.658. The summed E-state index contributed by atoms with van der Waals surface area (Å²) in [5.74, 6) is 0.633. The largest absolute Gasteiger partial charge is 0.493 e. The number of nitrogens with one attached hydrogen (secondary N) is 1. The molecule has 0 spiro atoms. The molecule has 2 rings (SSSR count). The number of hydrogen-bond donors (Lipinski definition) is 2. The standard InChI is InChI=1S/C13H14ClN3OS/c1-8-12(19-7-17-8)4-5-18-9-2-3-10(13(15)16)11(14)6-9/h2-3,6-7H,4-5H2,1H3,(H3,15,16). The number of ether oxygens (including phenoxy) is 1. The van der Waals surface area contributed by atoms with Crippen LogP contribution < -0.4 is 10.5 Å². The fourth-order valence-corrected chi connectivity index (χ4v) is 2.67. The van der Waals surface area contributed by atoms with Crippen molar-refractivity contribution in [3.8, 4) is 5.75 Å². The van der Waals surface area contributed by atoms with E-state index in [1.165, 1.54) is 4.88 Å². The van der Waals surface area contributed by atoms with Gasteiger partial charge in [-0.05, 0) is 25.1 Å². The maximum atomic E-state index is 7.35. The minimum absolute atomic E-state index is 0.0446. The third-order valence-electron chi connectivity index (χ3n) is 2.67. The van der Waals surface area contributed by atoms with Crippen LogP contribution >= 0.6 is 22.9 Å². The van der Waals surface area contributed by atoms with Crippen LogP contribution in [0.3, 0.4) is 0 Å². The predicted octanol–water partition coefficient (Wildman–Crippen LogP) is 3.01. The SMILES string of the molecule is Cc1ncsc1CCOc1ccc(C(=N)N)c(Cl)c1. The summed E-state index contributed by atoms with van der Waals surface area (Å²) >= 11 is 7.65. The van der Waals surface area contributed by atoms with Gasteiger partial charge in [0.15, 0.2) is 0 Å². The molecule has 4 nitrogen and oxygen atoms in total. The second-order valence-electron chi connectivity index (χ2n) is 4.01. The van der Waals surface area contributed by atoms with E-state index in [1.54, 1.807) is 29.5 Å². The van der Waals surface area contributed by atoms with Gasteiger partial charge < -0.3 is 10.5 Å². The van der Waals surface area contributed by atoms with Crippen LogP contribution in [0.15, 0.2) is 23.7 Å². The topological polar surface area (TPSA) is 72.0 Å². The summed E-state index contributed by atoms with van der Waals surface area (Å²) in [5.41, 5.74) is 8.81. The Bertz CT molecular complexity index is 597. The monoisotopic (exact) mass is 295 g/mol. The number of nitrogen functional groups attached to an aromatic ring is 1. The Labute approximate surface area is 120 Å². The Hall–Kier alpha value is -1.59. The molecule has 0 atom stereocenters. The van der Waals surface area contributed by atoms with Gasteiger partial charge in [0.05, 0.1) is 22.8 Å². The molecule has 0 bridgehead atoms. The van der Waals surface area contributed by atoms with Crippen molar-refractivity contribution in [2.75, 3.05) is 6.61 Å². The number of thiazole rings is 1. The van der Waals surface area contributed by atoms with Gasteiger partial charge in [0.2, 0.25) is 0 Å². The Kier molecular flexibility index (Phi) is 4.39. The van der Waals surface area contributed by atoms with Gasteiger partial charge in [-0.15, -0.1) is 11.3 Å². The average Bonchev–Trinajstić information content (AvgIpc) is 2.75. The van der Waals surface area contributed by atoms with Crippen molar-refractivity contribution in [1.29, 1.82) is 5.41 Å². The molecule has 100 valence electrons. The summed E-state index contributed by atoms with van der Waals surface area (Å²) < 4.78 is 5.63. The molecule has 0 aliphatic carbocycles. The van der Waals surface area contributed by atoms with Gasteiger partial charge in [0.25, 0.3) is 0 Å². The Morgan fingerprint density at radius 2 is 2.32 bits per heavy atom. The van der Waals surface area contributed by atoms with Crippen LogP contribution in [0.2, 0.25) is 5.02 Å². The highest BCUT2D eigenvalue weighted by molar-refractivity contribution is 7.09. The molecule has 2 aromatic rings. The molecule has 0 saturated carbocycles. The normalized spacial score (nSPS) is 10.4. The van der Waals surface area contributed by atoms with Crippen LogP contribution in [-0.2, 0) is 6.42 Å². The second kappa shape index (κ2) is 6.04. The van der Waals surface area contributed by atoms with Crippen LogP contribution in [0.5, 0.6) is 5.75 Å². The highest BCUT2D eigenvalue weighted by Gasteiger charge is 2.06. The molecule has 6 heteroatoms. The third-order valence-corrected chi connectivity index (χ3v) is 3.98. The highest BCUT2D eigenvalue weighted by Crippen LogP contribution is 2.22. The lowest BCUT2D eigenvalue weighted by Gasteiger charge is -2.08. The van der Waals surface area contributed by atoms with Crippen molar-refractivity contribution in [3.63, 3.8) is 0 Å². The van der Waals surface area contributed by atoms with Crippen molar-refractivity contribution in [1.82, 2.24) is 4.98 Å². The van der Waals surface area contributed by atoms with E-state index in [1.807, 2.05) is 12.4 Å². The first kappa shape index (κ1) is 13.8. The minimum Gasteiger partial charge on any atom is -0.493 e. The summed E-state index contributed by atoms with van der Waals surface area (Å²) in [4.78, 5) is 5.42. The molecule has 0 fully saturated rings. The summed E-state index contributed by atoms with van der Waals surface area (Å²) in [7, 11) is 0. The van der Waals surface area contributed by atoms with Crippen LogP contribution in [0.4, 0.5) is 0 Å². The van der Waals surface area contributed by atoms with Crippen LogP contribution in [0.1, 0.15) is 16.1 Å². The van der Waals surface area contributed by atoms with Gasteiger partial charge in [-0.1, -0.05) is 11.6 Å². The second-order valence-corrected chi connectivity index (χ2v) is 5.36. The predicted molar refractivity (Wildman–Crippen MR) is 78.5 cm³/mol. The number of halogens is 1. The van der Waals surface area contributed by atoms with E-state index in [4.69, 9.17) is 27.5 Å². The zero-order chi connectivity index (χ0) is 13.8. The Morgan fingerprint density at radius 3 is 2.89 bits per heavy atom. The maximum absolute atomic E-state index is 7.35. The molecule has 0 saturated heterocycles.